The number of rotatable bonds is 3. The van der Waals surface area contributed by atoms with E-state index in [2.05, 4.69) is 20.2 Å². The predicted octanol–water partition coefficient (Wildman–Crippen LogP) is 2.29. The Hall–Kier alpha value is -2.94. The van der Waals surface area contributed by atoms with E-state index in [0.29, 0.717) is 11.0 Å². The Morgan fingerprint density at radius 3 is 2.90 bits per heavy atom. The summed E-state index contributed by atoms with van der Waals surface area (Å²) in [6.45, 7) is 0. The second kappa shape index (κ2) is 4.87. The summed E-state index contributed by atoms with van der Waals surface area (Å²) in [5.74, 6) is 0.470. The van der Waals surface area contributed by atoms with Gasteiger partial charge in [0.05, 0.1) is 11.1 Å². The molecule has 3 aromatic rings. The summed E-state index contributed by atoms with van der Waals surface area (Å²) < 4.78 is 5.55. The molecule has 0 spiro atoms. The fraction of sp³-hybridized carbons (Fsp3) is 0. The Kier molecular flexibility index (Phi) is 3.03. The summed E-state index contributed by atoms with van der Waals surface area (Å²) in [5, 5.41) is 17.7. The fourth-order valence-corrected chi connectivity index (χ4v) is 1.95. The summed E-state index contributed by atoms with van der Waals surface area (Å²) in [4.78, 5) is 18.0. The fourth-order valence-electron chi connectivity index (χ4n) is 1.71. The molecule has 1 aromatic carbocycles. The number of H-pyrrole nitrogens is 1. The lowest BCUT2D eigenvalue weighted by atomic mass is 10.3. The van der Waals surface area contributed by atoms with Crippen molar-refractivity contribution in [2.45, 2.75) is 0 Å². The Balaban J connectivity index is 2.00. The van der Waals surface area contributed by atoms with Crippen molar-refractivity contribution in [2.75, 3.05) is 5.73 Å². The van der Waals surface area contributed by atoms with Crippen LogP contribution in [0.15, 0.2) is 24.4 Å². The van der Waals surface area contributed by atoms with E-state index in [-0.39, 0.29) is 28.3 Å². The lowest BCUT2D eigenvalue weighted by molar-refractivity contribution is -0.384. The number of nitro benzene ring substituents is 1. The molecular formula is C11H7ClN6O3. The number of nitrogens with zero attached hydrogens (tertiary/aromatic N) is 4. The van der Waals surface area contributed by atoms with Gasteiger partial charge in [0.1, 0.15) is 16.2 Å². The summed E-state index contributed by atoms with van der Waals surface area (Å²) in [5.41, 5.74) is 5.78. The zero-order chi connectivity index (χ0) is 15.0. The first-order chi connectivity index (χ1) is 10.0. The van der Waals surface area contributed by atoms with Gasteiger partial charge < -0.3 is 10.5 Å². The maximum atomic E-state index is 10.7. The van der Waals surface area contributed by atoms with Crippen LogP contribution in [0, 0.1) is 10.1 Å². The Bertz CT molecular complexity index is 849. The topological polar surface area (TPSA) is 133 Å². The quantitative estimate of drug-likeness (QED) is 0.560. The van der Waals surface area contributed by atoms with Gasteiger partial charge in [0, 0.05) is 12.1 Å². The van der Waals surface area contributed by atoms with Crippen LogP contribution in [0.4, 0.5) is 11.6 Å². The molecule has 10 heteroatoms. The minimum absolute atomic E-state index is 0.00904. The van der Waals surface area contributed by atoms with Crippen LogP contribution in [-0.4, -0.2) is 25.1 Å². The number of nitrogen functional groups attached to an aromatic ring is 1. The average molecular weight is 307 g/mol. The van der Waals surface area contributed by atoms with E-state index in [1.807, 2.05) is 0 Å². The Morgan fingerprint density at radius 2 is 2.19 bits per heavy atom. The maximum Gasteiger partial charge on any atom is 0.288 e. The molecule has 0 aliphatic rings. The first kappa shape index (κ1) is 13.1. The van der Waals surface area contributed by atoms with Crippen molar-refractivity contribution in [1.29, 1.82) is 0 Å². The molecule has 2 heterocycles. The maximum absolute atomic E-state index is 10.7. The average Bonchev–Trinajstić information content (AvgIpc) is 2.86. The number of aromatic amines is 1. The number of anilines is 1. The second-order valence-corrected chi connectivity index (χ2v) is 4.40. The van der Waals surface area contributed by atoms with E-state index in [9.17, 15) is 10.1 Å². The van der Waals surface area contributed by atoms with Gasteiger partial charge in [-0.05, 0) is 6.07 Å². The summed E-state index contributed by atoms with van der Waals surface area (Å²) in [7, 11) is 0. The molecule has 9 nitrogen and oxygen atoms in total. The van der Waals surface area contributed by atoms with Crippen LogP contribution in [-0.2, 0) is 0 Å². The first-order valence-electron chi connectivity index (χ1n) is 5.63. The monoisotopic (exact) mass is 306 g/mol. The number of hydrogen-bond acceptors (Lipinski definition) is 7. The number of aromatic nitrogens is 4. The van der Waals surface area contributed by atoms with E-state index < -0.39 is 4.92 Å². The van der Waals surface area contributed by atoms with Crippen molar-refractivity contribution in [3.8, 4) is 11.6 Å². The molecule has 0 saturated heterocycles. The number of ether oxygens (including phenoxy) is 1. The minimum atomic E-state index is -0.580. The highest BCUT2D eigenvalue weighted by atomic mass is 35.5. The summed E-state index contributed by atoms with van der Waals surface area (Å²) in [6.07, 6.45) is 1.48. The van der Waals surface area contributed by atoms with Crippen molar-refractivity contribution in [3.63, 3.8) is 0 Å². The van der Waals surface area contributed by atoms with Crippen LogP contribution in [0.1, 0.15) is 0 Å². The van der Waals surface area contributed by atoms with Gasteiger partial charge in [-0.3, -0.25) is 15.2 Å². The number of nitrogens with one attached hydrogen (secondary N) is 1. The molecule has 106 valence electrons. The Labute approximate surface area is 121 Å². The normalized spacial score (nSPS) is 10.7. The second-order valence-electron chi connectivity index (χ2n) is 3.99. The van der Waals surface area contributed by atoms with Crippen LogP contribution in [0.25, 0.3) is 11.0 Å². The lowest BCUT2D eigenvalue weighted by Gasteiger charge is -2.06. The van der Waals surface area contributed by atoms with E-state index in [4.69, 9.17) is 22.1 Å². The van der Waals surface area contributed by atoms with E-state index >= 15 is 0 Å². The molecule has 3 rings (SSSR count). The van der Waals surface area contributed by atoms with Crippen molar-refractivity contribution in [3.05, 3.63) is 39.5 Å². The molecule has 2 aromatic heterocycles. The van der Waals surface area contributed by atoms with Crippen molar-refractivity contribution >= 4 is 34.3 Å². The number of hydrogen-bond donors (Lipinski definition) is 2. The number of nitrogens with two attached hydrogens (primary N) is 1. The number of nitro groups is 1. The van der Waals surface area contributed by atoms with Crippen molar-refractivity contribution < 1.29 is 9.66 Å². The number of fused-ring (bicyclic) bond motifs is 1. The first-order valence-corrected chi connectivity index (χ1v) is 6.01. The molecule has 0 radical (unpaired) electrons. The molecule has 0 amide bonds. The molecule has 0 atom stereocenters. The molecule has 0 saturated carbocycles. The van der Waals surface area contributed by atoms with Gasteiger partial charge in [-0.1, -0.05) is 11.6 Å². The smallest absolute Gasteiger partial charge is 0.288 e. The highest BCUT2D eigenvalue weighted by Crippen LogP contribution is 2.32. The summed E-state index contributed by atoms with van der Waals surface area (Å²) in [6, 6.07) is 3.98. The highest BCUT2D eigenvalue weighted by molar-refractivity contribution is 6.32. The third-order valence-corrected chi connectivity index (χ3v) is 2.93. The number of halogens is 1. The predicted molar refractivity (Wildman–Crippen MR) is 74.3 cm³/mol. The van der Waals surface area contributed by atoms with Crippen molar-refractivity contribution in [2.24, 2.45) is 0 Å². The van der Waals surface area contributed by atoms with Crippen LogP contribution >= 0.6 is 11.6 Å². The van der Waals surface area contributed by atoms with Gasteiger partial charge in [0.15, 0.2) is 5.65 Å². The zero-order valence-electron chi connectivity index (χ0n) is 10.3. The van der Waals surface area contributed by atoms with Crippen LogP contribution in [0.2, 0.25) is 5.02 Å². The molecule has 0 aliphatic carbocycles. The molecule has 0 bridgehead atoms. The lowest BCUT2D eigenvalue weighted by Crippen LogP contribution is -1.98. The van der Waals surface area contributed by atoms with Crippen LogP contribution < -0.4 is 10.5 Å². The molecule has 0 unspecified atom stereocenters. The van der Waals surface area contributed by atoms with Gasteiger partial charge in [0.2, 0.25) is 11.8 Å². The third kappa shape index (κ3) is 2.41. The highest BCUT2D eigenvalue weighted by Gasteiger charge is 2.15. The molecule has 21 heavy (non-hydrogen) atoms. The number of benzene rings is 1. The van der Waals surface area contributed by atoms with Gasteiger partial charge in [-0.15, -0.1) is 0 Å². The van der Waals surface area contributed by atoms with Gasteiger partial charge >= 0.3 is 0 Å². The van der Waals surface area contributed by atoms with Crippen LogP contribution in [0.3, 0.4) is 0 Å². The molecule has 0 aliphatic heterocycles. The van der Waals surface area contributed by atoms with Crippen molar-refractivity contribution in [1.82, 2.24) is 20.2 Å². The SMILES string of the molecule is Nc1nc(Oc2ccc([N+](=O)[O-])c(Cl)c2)c2cn[nH]c2n1. The molecular weight excluding hydrogens is 300 g/mol. The minimum Gasteiger partial charge on any atom is -0.438 e. The van der Waals surface area contributed by atoms with E-state index in [1.54, 1.807) is 0 Å². The standard InChI is InChI=1S/C11H7ClN6O3/c12-7-3-5(1-2-8(7)18(19)20)21-10-6-4-14-17-9(6)15-11(13)16-10/h1-4H,(H3,13,14,15,16,17). The summed E-state index contributed by atoms with van der Waals surface area (Å²) >= 11 is 5.82. The van der Waals surface area contributed by atoms with Crippen LogP contribution in [0.5, 0.6) is 11.6 Å². The van der Waals surface area contributed by atoms with Gasteiger partial charge in [0.25, 0.3) is 5.69 Å². The Morgan fingerprint density at radius 1 is 1.38 bits per heavy atom. The molecule has 0 fully saturated rings. The zero-order valence-corrected chi connectivity index (χ0v) is 11.0. The van der Waals surface area contributed by atoms with E-state index in [1.165, 1.54) is 24.4 Å². The van der Waals surface area contributed by atoms with Gasteiger partial charge in [-0.2, -0.15) is 15.1 Å². The largest absolute Gasteiger partial charge is 0.438 e. The third-order valence-electron chi connectivity index (χ3n) is 2.62. The molecule has 3 N–H and O–H groups in total. The van der Waals surface area contributed by atoms with E-state index in [0.717, 1.165) is 0 Å². The van der Waals surface area contributed by atoms with Gasteiger partial charge in [-0.25, -0.2) is 0 Å².